The fourth-order valence-corrected chi connectivity index (χ4v) is 2.93. The van der Waals surface area contributed by atoms with Crippen LogP contribution >= 0.6 is 22.6 Å². The molecular formula is C15H9IN4O. The van der Waals surface area contributed by atoms with Crippen LogP contribution in [0.1, 0.15) is 0 Å². The average molecular weight is 388 g/mol. The Balaban J connectivity index is 1.97. The molecule has 0 amide bonds. The van der Waals surface area contributed by atoms with E-state index < -0.39 is 0 Å². The summed E-state index contributed by atoms with van der Waals surface area (Å²) < 4.78 is 0.995. The highest BCUT2D eigenvalue weighted by atomic mass is 127. The van der Waals surface area contributed by atoms with Gasteiger partial charge in [-0.1, -0.05) is 18.2 Å². The smallest absolute Gasteiger partial charge is 0.259 e. The second-order valence-electron chi connectivity index (χ2n) is 4.70. The van der Waals surface area contributed by atoms with Crippen molar-refractivity contribution in [3.8, 4) is 11.4 Å². The topological polar surface area (TPSA) is 74.4 Å². The molecule has 4 aromatic rings. The minimum Gasteiger partial charge on any atom is -0.306 e. The number of para-hydroxylation sites is 1. The quantitative estimate of drug-likeness (QED) is 0.493. The van der Waals surface area contributed by atoms with Gasteiger partial charge >= 0.3 is 0 Å². The molecule has 21 heavy (non-hydrogen) atoms. The predicted molar refractivity (Wildman–Crippen MR) is 90.2 cm³/mol. The second-order valence-corrected chi connectivity index (χ2v) is 5.78. The normalized spacial score (nSPS) is 11.3. The maximum atomic E-state index is 12.1. The first-order valence-electron chi connectivity index (χ1n) is 6.35. The molecule has 4 rings (SSSR count). The zero-order valence-electron chi connectivity index (χ0n) is 10.7. The van der Waals surface area contributed by atoms with Gasteiger partial charge in [-0.15, -0.1) is 0 Å². The number of aromatic nitrogens is 4. The maximum Gasteiger partial charge on any atom is 0.259 e. The van der Waals surface area contributed by atoms with Crippen molar-refractivity contribution in [3.63, 3.8) is 0 Å². The summed E-state index contributed by atoms with van der Waals surface area (Å²) in [4.78, 5) is 19.5. The third-order valence-corrected chi connectivity index (χ3v) is 4.22. The summed E-state index contributed by atoms with van der Waals surface area (Å²) >= 11 is 2.21. The third kappa shape index (κ3) is 2.02. The molecule has 0 bridgehead atoms. The SMILES string of the molecule is O=c1[nH]c(-c2ccc3c(I)[nH]nc3c2)nc2ccccc12. The van der Waals surface area contributed by atoms with Gasteiger partial charge in [0.2, 0.25) is 0 Å². The monoisotopic (exact) mass is 388 g/mol. The molecule has 0 unspecified atom stereocenters. The molecule has 2 aromatic carbocycles. The van der Waals surface area contributed by atoms with Crippen molar-refractivity contribution in [1.29, 1.82) is 0 Å². The summed E-state index contributed by atoms with van der Waals surface area (Å²) in [6.07, 6.45) is 0. The molecule has 0 spiro atoms. The number of aromatic amines is 2. The number of H-pyrrole nitrogens is 2. The lowest BCUT2D eigenvalue weighted by molar-refractivity contribution is 1.09. The Morgan fingerprint density at radius 2 is 1.86 bits per heavy atom. The van der Waals surface area contributed by atoms with E-state index in [2.05, 4.69) is 42.8 Å². The van der Waals surface area contributed by atoms with Crippen molar-refractivity contribution in [3.05, 3.63) is 56.5 Å². The molecule has 2 heterocycles. The first-order valence-corrected chi connectivity index (χ1v) is 7.43. The fourth-order valence-electron chi connectivity index (χ4n) is 2.35. The molecule has 0 aliphatic carbocycles. The Bertz CT molecular complexity index is 1030. The van der Waals surface area contributed by atoms with Gasteiger partial charge < -0.3 is 4.98 Å². The van der Waals surface area contributed by atoms with Gasteiger partial charge in [-0.3, -0.25) is 9.89 Å². The number of rotatable bonds is 1. The molecule has 2 aromatic heterocycles. The van der Waals surface area contributed by atoms with Crippen LogP contribution in [0.15, 0.2) is 47.3 Å². The first kappa shape index (κ1) is 12.5. The number of nitrogens with one attached hydrogen (secondary N) is 2. The summed E-state index contributed by atoms with van der Waals surface area (Å²) in [6.45, 7) is 0. The largest absolute Gasteiger partial charge is 0.306 e. The molecule has 0 fully saturated rings. The van der Waals surface area contributed by atoms with E-state index in [1.165, 1.54) is 0 Å². The third-order valence-electron chi connectivity index (χ3n) is 3.40. The zero-order valence-corrected chi connectivity index (χ0v) is 12.9. The summed E-state index contributed by atoms with van der Waals surface area (Å²) in [6, 6.07) is 13.1. The molecule has 5 nitrogen and oxygen atoms in total. The Hall–Kier alpha value is -2.22. The number of benzene rings is 2. The van der Waals surface area contributed by atoms with Gasteiger partial charge in [0.15, 0.2) is 0 Å². The van der Waals surface area contributed by atoms with Crippen LogP contribution in [0.5, 0.6) is 0 Å². The van der Waals surface area contributed by atoms with Crippen LogP contribution in [0.2, 0.25) is 0 Å². The van der Waals surface area contributed by atoms with Crippen LogP contribution < -0.4 is 5.56 Å². The molecule has 0 saturated carbocycles. The summed E-state index contributed by atoms with van der Waals surface area (Å²) in [5.74, 6) is 0.554. The minimum atomic E-state index is -0.132. The van der Waals surface area contributed by atoms with E-state index in [1.807, 2.05) is 36.4 Å². The molecule has 102 valence electrons. The van der Waals surface area contributed by atoms with Gasteiger partial charge in [-0.05, 0) is 46.9 Å². The van der Waals surface area contributed by atoms with Crippen molar-refractivity contribution < 1.29 is 0 Å². The van der Waals surface area contributed by atoms with Crippen LogP contribution in [0, 0.1) is 3.70 Å². The molecule has 2 N–H and O–H groups in total. The van der Waals surface area contributed by atoms with Crippen LogP contribution in [-0.4, -0.2) is 20.2 Å². The van der Waals surface area contributed by atoms with Crippen molar-refractivity contribution in [2.24, 2.45) is 0 Å². The fraction of sp³-hybridized carbons (Fsp3) is 0. The average Bonchev–Trinajstić information content (AvgIpc) is 2.88. The minimum absolute atomic E-state index is 0.132. The molecule has 6 heteroatoms. The van der Waals surface area contributed by atoms with E-state index in [4.69, 9.17) is 0 Å². The molecular weight excluding hydrogens is 379 g/mol. The Labute approximate surface area is 132 Å². The maximum absolute atomic E-state index is 12.1. The van der Waals surface area contributed by atoms with E-state index >= 15 is 0 Å². The second kappa shape index (κ2) is 4.66. The zero-order chi connectivity index (χ0) is 14.4. The van der Waals surface area contributed by atoms with Crippen LogP contribution in [0.25, 0.3) is 33.2 Å². The number of hydrogen-bond donors (Lipinski definition) is 2. The number of nitrogens with zero attached hydrogens (tertiary/aromatic N) is 2. The molecule has 0 saturated heterocycles. The molecule has 0 aliphatic rings. The van der Waals surface area contributed by atoms with Gasteiger partial charge in [0, 0.05) is 10.9 Å². The Kier molecular flexibility index (Phi) is 2.78. The van der Waals surface area contributed by atoms with E-state index in [0.717, 1.165) is 20.2 Å². The Morgan fingerprint density at radius 1 is 1.00 bits per heavy atom. The van der Waals surface area contributed by atoms with Gasteiger partial charge in [-0.2, -0.15) is 5.10 Å². The number of halogens is 1. The summed E-state index contributed by atoms with van der Waals surface area (Å²) in [5, 5.41) is 8.83. The highest BCUT2D eigenvalue weighted by molar-refractivity contribution is 14.1. The van der Waals surface area contributed by atoms with E-state index in [1.54, 1.807) is 6.07 Å². The van der Waals surface area contributed by atoms with E-state index in [-0.39, 0.29) is 5.56 Å². The highest BCUT2D eigenvalue weighted by Gasteiger charge is 2.08. The van der Waals surface area contributed by atoms with E-state index in [0.29, 0.717) is 16.7 Å². The lowest BCUT2D eigenvalue weighted by Crippen LogP contribution is -2.09. The van der Waals surface area contributed by atoms with Crippen LogP contribution in [0.4, 0.5) is 0 Å². The molecule has 0 atom stereocenters. The van der Waals surface area contributed by atoms with Crippen molar-refractivity contribution in [2.75, 3.05) is 0 Å². The van der Waals surface area contributed by atoms with Gasteiger partial charge in [-0.25, -0.2) is 4.98 Å². The number of hydrogen-bond acceptors (Lipinski definition) is 3. The molecule has 0 aliphatic heterocycles. The molecule has 0 radical (unpaired) electrons. The first-order chi connectivity index (χ1) is 10.2. The lowest BCUT2D eigenvalue weighted by atomic mass is 10.1. The lowest BCUT2D eigenvalue weighted by Gasteiger charge is -2.03. The van der Waals surface area contributed by atoms with Crippen molar-refractivity contribution in [2.45, 2.75) is 0 Å². The summed E-state index contributed by atoms with van der Waals surface area (Å²) in [7, 11) is 0. The Morgan fingerprint density at radius 3 is 2.76 bits per heavy atom. The van der Waals surface area contributed by atoms with Crippen molar-refractivity contribution >= 4 is 44.4 Å². The van der Waals surface area contributed by atoms with Gasteiger partial charge in [0.05, 0.1) is 16.4 Å². The summed E-state index contributed by atoms with van der Waals surface area (Å²) in [5.41, 5.74) is 2.25. The standard InChI is InChI=1S/C15H9IN4O/c16-13-9-6-5-8(7-12(9)19-20-13)14-17-11-4-2-1-3-10(11)15(21)18-14/h1-7H,(H,19,20)(H,17,18,21). The van der Waals surface area contributed by atoms with Gasteiger partial charge in [0.1, 0.15) is 9.53 Å². The van der Waals surface area contributed by atoms with Crippen molar-refractivity contribution in [1.82, 2.24) is 20.2 Å². The predicted octanol–water partition coefficient (Wildman–Crippen LogP) is 3.07. The van der Waals surface area contributed by atoms with Gasteiger partial charge in [0.25, 0.3) is 5.56 Å². The van der Waals surface area contributed by atoms with Crippen LogP contribution in [0.3, 0.4) is 0 Å². The highest BCUT2D eigenvalue weighted by Crippen LogP contribution is 2.23. The van der Waals surface area contributed by atoms with Crippen LogP contribution in [-0.2, 0) is 0 Å². The number of fused-ring (bicyclic) bond motifs is 2. The van der Waals surface area contributed by atoms with E-state index in [9.17, 15) is 4.79 Å².